The molecule has 2 aromatic heterocycles. The molecule has 0 aliphatic rings. The number of esters is 1. The quantitative estimate of drug-likeness (QED) is 0.122. The summed E-state index contributed by atoms with van der Waals surface area (Å²) in [5.74, 6) is 1.36. The first-order chi connectivity index (χ1) is 18.8. The highest BCUT2D eigenvalue weighted by Gasteiger charge is 2.26. The number of aryl methyl sites for hydroxylation is 3. The van der Waals surface area contributed by atoms with Crippen LogP contribution in [0.25, 0.3) is 0 Å². The van der Waals surface area contributed by atoms with Crippen molar-refractivity contribution in [1.29, 1.82) is 0 Å². The van der Waals surface area contributed by atoms with Gasteiger partial charge in [0.1, 0.15) is 5.60 Å². The van der Waals surface area contributed by atoms with E-state index in [1.165, 1.54) is 15.3 Å². The number of carbonyl (C=O) groups excluding carboxylic acids is 2. The summed E-state index contributed by atoms with van der Waals surface area (Å²) >= 11 is 1.81. The van der Waals surface area contributed by atoms with Gasteiger partial charge >= 0.3 is 5.97 Å². The van der Waals surface area contributed by atoms with E-state index in [1.54, 1.807) is 18.4 Å². The topological polar surface area (TPSA) is 77.5 Å². The van der Waals surface area contributed by atoms with E-state index in [-0.39, 0.29) is 11.5 Å². The van der Waals surface area contributed by atoms with Crippen molar-refractivity contribution in [2.45, 2.75) is 118 Å². The normalized spacial score (nSPS) is 13.2. The van der Waals surface area contributed by atoms with Gasteiger partial charge in [-0.25, -0.2) is 4.98 Å². The molecule has 0 saturated carbocycles. The predicted octanol–water partition coefficient (Wildman–Crippen LogP) is 7.85. The van der Waals surface area contributed by atoms with E-state index in [2.05, 4.69) is 53.3 Å². The van der Waals surface area contributed by atoms with Gasteiger partial charge in [0, 0.05) is 39.5 Å². The molecule has 1 N–H and O–H groups in total. The number of nitrogens with zero attached hydrogens (tertiary/aromatic N) is 1. The fourth-order valence-corrected chi connectivity index (χ4v) is 7.45. The maximum atomic E-state index is 12.7. The first-order valence-corrected chi connectivity index (χ1v) is 16.0. The summed E-state index contributed by atoms with van der Waals surface area (Å²) in [6.07, 6.45) is 6.25. The maximum Gasteiger partial charge on any atom is 0.306 e. The van der Waals surface area contributed by atoms with Gasteiger partial charge < -0.3 is 14.8 Å². The van der Waals surface area contributed by atoms with Crippen LogP contribution in [-0.2, 0) is 22.5 Å². The van der Waals surface area contributed by atoms with E-state index >= 15 is 0 Å². The van der Waals surface area contributed by atoms with Crippen LogP contribution in [0.1, 0.15) is 122 Å². The molecule has 2 aromatic rings. The molecule has 0 aliphatic carbocycles. The second kappa shape index (κ2) is 16.0. The molecule has 40 heavy (non-hydrogen) atoms. The number of ether oxygens (including phenoxy) is 2. The lowest BCUT2D eigenvalue weighted by Gasteiger charge is -2.24. The van der Waals surface area contributed by atoms with Crippen LogP contribution in [0.2, 0.25) is 0 Å². The average molecular weight is 591 g/mol. The largest absolute Gasteiger partial charge is 0.481 e. The summed E-state index contributed by atoms with van der Waals surface area (Å²) in [5.41, 5.74) is 4.84. The highest BCUT2D eigenvalue weighted by atomic mass is 32.1. The van der Waals surface area contributed by atoms with Crippen molar-refractivity contribution < 1.29 is 19.1 Å². The van der Waals surface area contributed by atoms with E-state index in [9.17, 15) is 9.59 Å². The number of hydrogen-bond donors (Lipinski definition) is 1. The SMILES string of the molecule is CCCC(CCCC(=O)OC(C)(C)C)[C@@H](C)c1sc(CCCNCc2c(C)cc(C)nc2OC)c(C(=O)P)c1C. The van der Waals surface area contributed by atoms with Crippen molar-refractivity contribution in [3.63, 3.8) is 0 Å². The Hall–Kier alpha value is -1.82. The van der Waals surface area contributed by atoms with Gasteiger partial charge in [0.05, 0.1) is 7.11 Å². The first-order valence-electron chi connectivity index (χ1n) is 14.6. The number of nitrogens with one attached hydrogen (secondary N) is 1. The van der Waals surface area contributed by atoms with Crippen LogP contribution in [0, 0.1) is 26.7 Å². The molecule has 0 amide bonds. The van der Waals surface area contributed by atoms with Gasteiger partial charge in [-0.15, -0.1) is 11.3 Å². The molecule has 0 aliphatic heterocycles. The number of aromatic nitrogens is 1. The molecule has 2 unspecified atom stereocenters. The minimum atomic E-state index is -0.446. The van der Waals surface area contributed by atoms with Crippen LogP contribution in [0.5, 0.6) is 5.88 Å². The maximum absolute atomic E-state index is 12.7. The van der Waals surface area contributed by atoms with Crippen LogP contribution in [0.4, 0.5) is 0 Å². The Balaban J connectivity index is 2.05. The van der Waals surface area contributed by atoms with Gasteiger partial charge in [0.2, 0.25) is 5.88 Å². The molecular formula is C32H51N2O4PS. The molecular weight excluding hydrogens is 539 g/mol. The van der Waals surface area contributed by atoms with Gasteiger partial charge in [-0.05, 0) is 103 Å². The minimum absolute atomic E-state index is 0.0678. The molecule has 0 aromatic carbocycles. The lowest BCUT2D eigenvalue weighted by atomic mass is 9.83. The molecule has 0 spiro atoms. The smallest absolute Gasteiger partial charge is 0.306 e. The first kappa shape index (κ1) is 34.4. The number of carbonyl (C=O) groups is 2. The van der Waals surface area contributed by atoms with Crippen molar-refractivity contribution in [2.24, 2.45) is 5.92 Å². The van der Waals surface area contributed by atoms with E-state index in [1.807, 2.05) is 27.7 Å². The third kappa shape index (κ3) is 10.2. The molecule has 2 heterocycles. The molecule has 224 valence electrons. The van der Waals surface area contributed by atoms with Crippen molar-refractivity contribution in [3.8, 4) is 5.88 Å². The minimum Gasteiger partial charge on any atom is -0.481 e. The lowest BCUT2D eigenvalue weighted by molar-refractivity contribution is -0.155. The van der Waals surface area contributed by atoms with Gasteiger partial charge in [-0.3, -0.25) is 9.59 Å². The van der Waals surface area contributed by atoms with Crippen LogP contribution >= 0.6 is 20.6 Å². The summed E-state index contributed by atoms with van der Waals surface area (Å²) in [7, 11) is 4.05. The Morgan fingerprint density at radius 2 is 1.85 bits per heavy atom. The van der Waals surface area contributed by atoms with Crippen molar-refractivity contribution in [2.75, 3.05) is 13.7 Å². The summed E-state index contributed by atoms with van der Waals surface area (Å²) in [6.45, 7) is 17.9. The van der Waals surface area contributed by atoms with Crippen molar-refractivity contribution in [3.05, 3.63) is 43.8 Å². The third-order valence-corrected chi connectivity index (χ3v) is 9.19. The second-order valence-corrected chi connectivity index (χ2v) is 13.6. The molecule has 2 rings (SSSR count). The highest BCUT2D eigenvalue weighted by molar-refractivity contribution is 7.41. The van der Waals surface area contributed by atoms with Crippen molar-refractivity contribution >= 4 is 32.1 Å². The van der Waals surface area contributed by atoms with Crippen LogP contribution in [-0.4, -0.2) is 35.7 Å². The van der Waals surface area contributed by atoms with Gasteiger partial charge in [-0.1, -0.05) is 35.9 Å². The second-order valence-electron chi connectivity index (χ2n) is 11.9. The predicted molar refractivity (Wildman–Crippen MR) is 170 cm³/mol. The molecule has 0 saturated heterocycles. The van der Waals surface area contributed by atoms with E-state index in [0.29, 0.717) is 30.7 Å². The van der Waals surface area contributed by atoms with Crippen molar-refractivity contribution in [1.82, 2.24) is 10.3 Å². The van der Waals surface area contributed by atoms with Crippen LogP contribution < -0.4 is 10.1 Å². The van der Waals surface area contributed by atoms with Crippen LogP contribution in [0.15, 0.2) is 6.07 Å². The Kier molecular flexibility index (Phi) is 13.7. The summed E-state index contributed by atoms with van der Waals surface area (Å²) in [6, 6.07) is 2.08. The van der Waals surface area contributed by atoms with E-state index in [4.69, 9.17) is 9.47 Å². The van der Waals surface area contributed by atoms with Crippen LogP contribution in [0.3, 0.4) is 0 Å². The average Bonchev–Trinajstić information content (AvgIpc) is 3.18. The van der Waals surface area contributed by atoms with Gasteiger partial charge in [0.15, 0.2) is 5.52 Å². The zero-order chi connectivity index (χ0) is 30.0. The summed E-state index contributed by atoms with van der Waals surface area (Å²) in [4.78, 5) is 31.9. The Morgan fingerprint density at radius 1 is 1.15 bits per heavy atom. The Morgan fingerprint density at radius 3 is 2.45 bits per heavy atom. The van der Waals surface area contributed by atoms with E-state index < -0.39 is 5.60 Å². The standard InChI is InChI=1S/C32H51N2O4PS/c1-10-13-24(14-11-16-27(35)38-32(6,7)8)22(4)29-23(5)28(31(36)39)26(40-29)15-12-17-33-19-25-20(2)18-21(3)34-30(25)37-9/h18,22,24,33H,10-17,19,39H2,1-9H3/t22-,24?/m1/s1. The zero-order valence-electron chi connectivity index (χ0n) is 26.2. The molecule has 8 heteroatoms. The summed E-state index contributed by atoms with van der Waals surface area (Å²) < 4.78 is 11.0. The van der Waals surface area contributed by atoms with Gasteiger partial charge in [0.25, 0.3) is 0 Å². The number of hydrogen-bond acceptors (Lipinski definition) is 7. The third-order valence-electron chi connectivity index (χ3n) is 7.35. The molecule has 6 nitrogen and oxygen atoms in total. The fourth-order valence-electron chi connectivity index (χ4n) is 5.46. The lowest BCUT2D eigenvalue weighted by Crippen LogP contribution is -2.23. The monoisotopic (exact) mass is 590 g/mol. The molecule has 0 radical (unpaired) electrons. The van der Waals surface area contributed by atoms with Gasteiger partial charge in [-0.2, -0.15) is 0 Å². The highest BCUT2D eigenvalue weighted by Crippen LogP contribution is 2.41. The molecule has 0 bridgehead atoms. The Bertz CT molecular complexity index is 1140. The zero-order valence-corrected chi connectivity index (χ0v) is 28.1. The fraction of sp³-hybridized carbons (Fsp3) is 0.656. The molecule has 0 fully saturated rings. The number of thiophene rings is 1. The number of pyridine rings is 1. The number of rotatable bonds is 16. The molecule has 3 atom stereocenters. The summed E-state index contributed by atoms with van der Waals surface area (Å²) in [5, 5.41) is 3.54. The van der Waals surface area contributed by atoms with E-state index in [0.717, 1.165) is 67.5 Å². The number of methoxy groups -OCH3 is 1. The Labute approximate surface area is 248 Å².